The highest BCUT2D eigenvalue weighted by Gasteiger charge is 2.30. The smallest absolute Gasteiger partial charge is 0.410 e. The third-order valence-corrected chi connectivity index (χ3v) is 4.41. The Morgan fingerprint density at radius 2 is 2.22 bits per heavy atom. The van der Waals surface area contributed by atoms with Gasteiger partial charge >= 0.3 is 6.09 Å². The number of amides is 1. The molecule has 0 bridgehead atoms. The van der Waals surface area contributed by atoms with E-state index in [4.69, 9.17) is 4.74 Å². The number of carbonyl (C=O) groups excluding carboxylic acids is 2. The van der Waals surface area contributed by atoms with Gasteiger partial charge in [-0.3, -0.25) is 9.69 Å². The van der Waals surface area contributed by atoms with Gasteiger partial charge in [-0.15, -0.1) is 11.3 Å². The van der Waals surface area contributed by atoms with Gasteiger partial charge in [0.1, 0.15) is 5.60 Å². The van der Waals surface area contributed by atoms with Crippen LogP contribution in [0.25, 0.3) is 0 Å². The Kier molecular flexibility index (Phi) is 5.75. The molecule has 2 heterocycles. The number of likely N-dealkylation sites (tertiary alicyclic amines) is 1. The lowest BCUT2D eigenvalue weighted by atomic mass is 10.1. The maximum atomic E-state index is 12.1. The van der Waals surface area contributed by atoms with E-state index in [1.807, 2.05) is 38.1 Å². The Hall–Kier alpha value is -1.47. The van der Waals surface area contributed by atoms with Crippen LogP contribution in [-0.2, 0) is 4.74 Å². The van der Waals surface area contributed by atoms with Crippen molar-refractivity contribution in [2.45, 2.75) is 32.8 Å². The van der Waals surface area contributed by atoms with Gasteiger partial charge in [0.15, 0.2) is 5.01 Å². The Morgan fingerprint density at radius 3 is 2.83 bits per heavy atom. The molecule has 1 saturated heterocycles. The second kappa shape index (κ2) is 7.40. The van der Waals surface area contributed by atoms with Crippen LogP contribution >= 0.6 is 11.3 Å². The first-order valence-corrected chi connectivity index (χ1v) is 8.72. The number of likely N-dealkylation sites (N-methyl/N-ethyl adjacent to an activating group) is 1. The van der Waals surface area contributed by atoms with Crippen LogP contribution in [0.5, 0.6) is 0 Å². The lowest BCUT2D eigenvalue weighted by molar-refractivity contribution is 0.0285. The Bertz CT molecular complexity index is 539. The quantitative estimate of drug-likeness (QED) is 0.771. The summed E-state index contributed by atoms with van der Waals surface area (Å²) >= 11 is 1.37. The molecule has 7 heteroatoms. The number of hydrogen-bond acceptors (Lipinski definition) is 6. The van der Waals surface area contributed by atoms with Crippen molar-refractivity contribution in [2.24, 2.45) is 5.92 Å². The number of ether oxygens (including phenoxy) is 1. The maximum absolute atomic E-state index is 12.1. The number of hydrogen-bond donors (Lipinski definition) is 0. The number of aromatic nitrogens is 1. The minimum absolute atomic E-state index is 0.0458. The van der Waals surface area contributed by atoms with Crippen molar-refractivity contribution in [2.75, 3.05) is 33.2 Å². The van der Waals surface area contributed by atoms with Crippen molar-refractivity contribution in [3.63, 3.8) is 0 Å². The number of thiazole rings is 1. The van der Waals surface area contributed by atoms with Gasteiger partial charge in [0.05, 0.1) is 6.54 Å². The molecule has 1 aliphatic heterocycles. The molecule has 0 aromatic carbocycles. The van der Waals surface area contributed by atoms with E-state index >= 15 is 0 Å². The lowest BCUT2D eigenvalue weighted by Crippen LogP contribution is -2.36. The summed E-state index contributed by atoms with van der Waals surface area (Å²) in [6, 6.07) is 0. The van der Waals surface area contributed by atoms with Gasteiger partial charge in [0.25, 0.3) is 0 Å². The highest BCUT2D eigenvalue weighted by atomic mass is 32.1. The molecule has 23 heavy (non-hydrogen) atoms. The molecule has 1 atom stereocenters. The molecule has 1 amide bonds. The molecule has 0 unspecified atom stereocenters. The molecule has 0 spiro atoms. The van der Waals surface area contributed by atoms with Crippen LogP contribution in [0.3, 0.4) is 0 Å². The molecule has 1 aromatic rings. The number of rotatable bonds is 5. The van der Waals surface area contributed by atoms with E-state index in [-0.39, 0.29) is 11.9 Å². The minimum atomic E-state index is -0.466. The predicted octanol–water partition coefficient (Wildman–Crippen LogP) is 2.51. The highest BCUT2D eigenvalue weighted by Crippen LogP contribution is 2.20. The summed E-state index contributed by atoms with van der Waals surface area (Å²) in [6.07, 6.45) is 2.34. The topological polar surface area (TPSA) is 62.7 Å². The molecule has 1 fully saturated rings. The van der Waals surface area contributed by atoms with E-state index in [0.29, 0.717) is 30.6 Å². The number of Topliss-reactive ketones (excluding diaryl/α,β-unsaturated/α-hetero) is 1. The molecule has 6 nitrogen and oxygen atoms in total. The summed E-state index contributed by atoms with van der Waals surface area (Å²) in [5, 5.41) is 2.36. The second-order valence-electron chi connectivity index (χ2n) is 7.04. The van der Waals surface area contributed by atoms with Crippen LogP contribution in [0, 0.1) is 5.92 Å². The largest absolute Gasteiger partial charge is 0.444 e. The zero-order valence-corrected chi connectivity index (χ0v) is 15.1. The van der Waals surface area contributed by atoms with Crippen molar-refractivity contribution in [3.8, 4) is 0 Å². The number of carbonyl (C=O) groups is 2. The first kappa shape index (κ1) is 17.9. The average molecular weight is 339 g/mol. The average Bonchev–Trinajstić information content (AvgIpc) is 3.07. The fourth-order valence-electron chi connectivity index (χ4n) is 2.65. The first-order valence-electron chi connectivity index (χ1n) is 7.84. The zero-order valence-electron chi connectivity index (χ0n) is 14.2. The maximum Gasteiger partial charge on any atom is 0.410 e. The van der Waals surface area contributed by atoms with Crippen molar-refractivity contribution in [3.05, 3.63) is 16.6 Å². The van der Waals surface area contributed by atoms with E-state index in [2.05, 4.69) is 4.98 Å². The van der Waals surface area contributed by atoms with Gasteiger partial charge in [-0.1, -0.05) is 0 Å². The first-order chi connectivity index (χ1) is 10.7. The molecule has 128 valence electrons. The molecule has 2 rings (SSSR count). The van der Waals surface area contributed by atoms with Crippen LogP contribution in [0.15, 0.2) is 11.6 Å². The van der Waals surface area contributed by atoms with E-state index < -0.39 is 5.60 Å². The summed E-state index contributed by atoms with van der Waals surface area (Å²) in [7, 11) is 1.93. The van der Waals surface area contributed by atoms with E-state index in [1.165, 1.54) is 11.3 Å². The Balaban J connectivity index is 1.76. The summed E-state index contributed by atoms with van der Waals surface area (Å²) in [6.45, 7) is 8.16. The molecular formula is C16H25N3O3S. The summed E-state index contributed by atoms with van der Waals surface area (Å²) in [4.78, 5) is 31.9. The number of ketones is 1. The highest BCUT2D eigenvalue weighted by molar-refractivity contribution is 7.11. The van der Waals surface area contributed by atoms with Gasteiger partial charge < -0.3 is 9.64 Å². The van der Waals surface area contributed by atoms with E-state index in [0.717, 1.165) is 13.0 Å². The fraction of sp³-hybridized carbons (Fsp3) is 0.688. The summed E-state index contributed by atoms with van der Waals surface area (Å²) in [5.41, 5.74) is -0.466. The van der Waals surface area contributed by atoms with Gasteiger partial charge in [0, 0.05) is 31.2 Å². The summed E-state index contributed by atoms with van der Waals surface area (Å²) in [5.74, 6) is 0.418. The fourth-order valence-corrected chi connectivity index (χ4v) is 3.22. The van der Waals surface area contributed by atoms with E-state index in [9.17, 15) is 9.59 Å². The number of nitrogens with zero attached hydrogens (tertiary/aromatic N) is 3. The van der Waals surface area contributed by atoms with Crippen LogP contribution < -0.4 is 0 Å². The second-order valence-corrected chi connectivity index (χ2v) is 7.93. The van der Waals surface area contributed by atoms with E-state index in [1.54, 1.807) is 11.1 Å². The van der Waals surface area contributed by atoms with Crippen LogP contribution in [0.4, 0.5) is 4.79 Å². The van der Waals surface area contributed by atoms with Gasteiger partial charge in [0.2, 0.25) is 5.78 Å². The Labute approximate surface area is 141 Å². The van der Waals surface area contributed by atoms with Crippen LogP contribution in [0.2, 0.25) is 0 Å². The van der Waals surface area contributed by atoms with Crippen molar-refractivity contribution in [1.82, 2.24) is 14.8 Å². The van der Waals surface area contributed by atoms with Crippen molar-refractivity contribution >= 4 is 23.2 Å². The zero-order chi connectivity index (χ0) is 17.0. The minimum Gasteiger partial charge on any atom is -0.444 e. The lowest BCUT2D eigenvalue weighted by Gasteiger charge is -2.25. The molecule has 0 N–H and O–H groups in total. The van der Waals surface area contributed by atoms with Gasteiger partial charge in [-0.05, 0) is 40.2 Å². The molecule has 0 saturated carbocycles. The van der Waals surface area contributed by atoms with Crippen LogP contribution in [-0.4, -0.2) is 65.5 Å². The standard InChI is InChI=1S/C16H25N3O3S/c1-16(2,3)22-15(21)19-7-5-12(10-19)9-18(4)11-13(20)14-17-6-8-23-14/h6,8,12H,5,7,9-11H2,1-4H3/t12-/m0/s1. The third kappa shape index (κ3) is 5.58. The van der Waals surface area contributed by atoms with Crippen LogP contribution in [0.1, 0.15) is 37.0 Å². The monoisotopic (exact) mass is 339 g/mol. The van der Waals surface area contributed by atoms with Crippen molar-refractivity contribution < 1.29 is 14.3 Å². The molecule has 1 aliphatic rings. The molecule has 0 radical (unpaired) electrons. The molecular weight excluding hydrogens is 314 g/mol. The van der Waals surface area contributed by atoms with Crippen molar-refractivity contribution in [1.29, 1.82) is 0 Å². The SMILES string of the molecule is CN(CC(=O)c1nccs1)C[C@@H]1CCN(C(=O)OC(C)(C)C)C1. The van der Waals surface area contributed by atoms with Gasteiger partial charge in [-0.25, -0.2) is 9.78 Å². The third-order valence-electron chi connectivity index (χ3n) is 3.59. The normalized spacial score (nSPS) is 18.5. The molecule has 1 aromatic heterocycles. The Morgan fingerprint density at radius 1 is 1.48 bits per heavy atom. The predicted molar refractivity (Wildman–Crippen MR) is 89.9 cm³/mol. The summed E-state index contributed by atoms with van der Waals surface area (Å²) < 4.78 is 5.40. The molecule has 0 aliphatic carbocycles. The van der Waals surface area contributed by atoms with Gasteiger partial charge in [-0.2, -0.15) is 0 Å².